The van der Waals surface area contributed by atoms with Crippen molar-refractivity contribution in [2.45, 2.75) is 171 Å². The van der Waals surface area contributed by atoms with Gasteiger partial charge in [0.2, 0.25) is 65.0 Å². The first-order valence-electron chi connectivity index (χ1n) is 33.2. The Balaban J connectivity index is 1.05. The van der Waals surface area contributed by atoms with Crippen molar-refractivity contribution >= 4 is 86.8 Å². The fraction of sp³-hybridized carbons (Fsp3) is 0.443. The van der Waals surface area contributed by atoms with E-state index in [0.717, 1.165) is 4.90 Å². The number of aromatic nitrogens is 2. The van der Waals surface area contributed by atoms with Crippen molar-refractivity contribution < 1.29 is 70.6 Å². The van der Waals surface area contributed by atoms with Gasteiger partial charge in [-0.25, -0.2) is 13.2 Å². The lowest BCUT2D eigenvalue weighted by atomic mass is 9.94. The van der Waals surface area contributed by atoms with E-state index in [1.165, 1.54) is 74.6 Å². The molecule has 528 valence electrons. The fourth-order valence-corrected chi connectivity index (χ4v) is 12.9. The largest absolute Gasteiger partial charge is 0.497 e. The van der Waals surface area contributed by atoms with E-state index in [9.17, 15) is 47.1 Å². The number of alkyl halides is 1. The van der Waals surface area contributed by atoms with Gasteiger partial charge in [0, 0.05) is 92.2 Å². The minimum absolute atomic E-state index is 0.0332. The molecule has 26 nitrogen and oxygen atoms in total. The van der Waals surface area contributed by atoms with Gasteiger partial charge in [0.25, 0.3) is 0 Å². The topological polar surface area (TPSA) is 383 Å². The summed E-state index contributed by atoms with van der Waals surface area (Å²) in [6.07, 6.45) is 0.259. The number of halogens is 3. The molecule has 10 atom stereocenters. The Morgan fingerprint density at radius 1 is 0.646 bits per heavy atom. The molecular weight excluding hydrogens is 1290 g/mol. The summed E-state index contributed by atoms with van der Waals surface area (Å²) in [6, 6.07) is 9.45. The summed E-state index contributed by atoms with van der Waals surface area (Å²) in [6.45, 7) is 4.10. The molecule has 4 aliphatic rings. The zero-order valence-electron chi connectivity index (χ0n) is 55.5. The maximum absolute atomic E-state index is 16.1. The van der Waals surface area contributed by atoms with Crippen LogP contribution in [0.15, 0.2) is 97.3 Å². The van der Waals surface area contributed by atoms with E-state index in [2.05, 4.69) is 52.5 Å². The lowest BCUT2D eigenvalue weighted by Crippen LogP contribution is -2.63. The number of carbonyl (C=O) groups is 11. The van der Waals surface area contributed by atoms with Crippen molar-refractivity contribution in [1.82, 2.24) is 62.3 Å². The van der Waals surface area contributed by atoms with E-state index in [1.54, 1.807) is 55.5 Å². The number of primary amides is 1. The molecule has 10 rings (SSSR count). The first kappa shape index (κ1) is 72.9. The predicted octanol–water partition coefficient (Wildman–Crippen LogP) is 2.37. The fourth-order valence-electron chi connectivity index (χ4n) is 12.9. The van der Waals surface area contributed by atoms with Crippen LogP contribution in [0.4, 0.5) is 13.2 Å². The van der Waals surface area contributed by atoms with Gasteiger partial charge >= 0.3 is 0 Å². The zero-order valence-corrected chi connectivity index (χ0v) is 55.5. The van der Waals surface area contributed by atoms with Crippen LogP contribution in [0, 0.1) is 11.6 Å². The monoisotopic (exact) mass is 1370 g/mol. The van der Waals surface area contributed by atoms with Crippen LogP contribution in [-0.2, 0) is 85.0 Å². The smallest absolute Gasteiger partial charge is 0.246 e. The van der Waals surface area contributed by atoms with Gasteiger partial charge in [-0.05, 0) is 135 Å². The molecule has 4 aliphatic heterocycles. The third-order valence-corrected chi connectivity index (χ3v) is 18.6. The van der Waals surface area contributed by atoms with Crippen LogP contribution in [-0.4, -0.2) is 172 Å². The second-order valence-corrected chi connectivity index (χ2v) is 25.7. The number of methoxy groups -OCH3 is 1. The standard InChI is InChI=1S/C70H85F3N14O12/c1-5-50-63(92)83-56(28-40-14-18-47(99-4)19-15-40)68(97)87-26-8-24-70(87,3)69(98)85-54(61(75)90)27-39-10-12-41(13-11-39)34-78-59(88)22-23-60(89)80-53(9-6-7-25-74)64(93)79-38(2)62(91)82-55(29-42-35-76-51-20-16-44(71)31-48(42)51)65(94)84-57(30-43-36-77-52-21-17-45(72)32-49(43)52)67(96)86-37-46(73)33-58(86)66(95)81-50/h10-21,31-32,35-36,38,46,50,53-58,76-77H,5-9,22-30,33-34,37,74H2,1-4H3,(H2,75,90)(H,78,88)(H,79,93)(H,80,89)(H,81,95)(H,82,91)(H,83,92)(H,84,94)(H,85,98)/t38-,46+,50?,53+,54+,55+,56+,57+,58+,70+/m1/s1. The van der Waals surface area contributed by atoms with Crippen molar-refractivity contribution in [3.8, 4) is 5.75 Å². The Bertz CT molecular complexity index is 3980. The number of nitrogens with two attached hydrogens (primary N) is 2. The average molecular weight is 1370 g/mol. The number of fused-ring (bicyclic) bond motifs is 30. The molecule has 4 aromatic carbocycles. The first-order chi connectivity index (χ1) is 47.3. The molecular formula is C70H85F3N14O12. The highest BCUT2D eigenvalue weighted by molar-refractivity contribution is 6.00. The number of ether oxygens (including phenoxy) is 1. The van der Waals surface area contributed by atoms with E-state index >= 15 is 18.8 Å². The third kappa shape index (κ3) is 18.3. The highest BCUT2D eigenvalue weighted by Gasteiger charge is 2.49. The van der Waals surface area contributed by atoms with Crippen molar-refractivity contribution in [1.29, 1.82) is 0 Å². The first-order valence-corrected chi connectivity index (χ1v) is 33.2. The van der Waals surface area contributed by atoms with Crippen molar-refractivity contribution in [3.05, 3.63) is 137 Å². The molecule has 0 aliphatic carbocycles. The quantitative estimate of drug-likeness (QED) is 0.0585. The van der Waals surface area contributed by atoms with Crippen LogP contribution in [0.1, 0.15) is 106 Å². The maximum atomic E-state index is 16.1. The number of amides is 11. The van der Waals surface area contributed by atoms with E-state index in [1.807, 2.05) is 0 Å². The van der Waals surface area contributed by atoms with Crippen LogP contribution in [0.5, 0.6) is 5.75 Å². The summed E-state index contributed by atoms with van der Waals surface area (Å²) >= 11 is 0. The van der Waals surface area contributed by atoms with Gasteiger partial charge in [0.15, 0.2) is 0 Å². The number of benzene rings is 4. The Morgan fingerprint density at radius 3 is 1.84 bits per heavy atom. The van der Waals surface area contributed by atoms with E-state index < -0.39 is 156 Å². The number of hydrogen-bond acceptors (Lipinski definition) is 13. The van der Waals surface area contributed by atoms with Crippen molar-refractivity contribution in [3.63, 3.8) is 0 Å². The van der Waals surface area contributed by atoms with Gasteiger partial charge in [0.1, 0.15) is 77.4 Å². The summed E-state index contributed by atoms with van der Waals surface area (Å²) < 4.78 is 51.3. The maximum Gasteiger partial charge on any atom is 0.246 e. The predicted molar refractivity (Wildman–Crippen MR) is 358 cm³/mol. The Hall–Kier alpha value is -10.3. The normalized spacial score (nSPS) is 24.9. The number of nitrogens with one attached hydrogen (secondary N) is 10. The van der Waals surface area contributed by atoms with Crippen LogP contribution >= 0.6 is 0 Å². The van der Waals surface area contributed by atoms with Gasteiger partial charge in [-0.1, -0.05) is 43.3 Å². The van der Waals surface area contributed by atoms with Crippen molar-refractivity contribution in [2.75, 3.05) is 26.7 Å². The molecule has 6 aromatic rings. The van der Waals surface area contributed by atoms with Crippen LogP contribution in [0.3, 0.4) is 0 Å². The summed E-state index contributed by atoms with van der Waals surface area (Å²) in [4.78, 5) is 166. The molecule has 2 saturated heterocycles. The van der Waals surface area contributed by atoms with Gasteiger partial charge in [-0.3, -0.25) is 52.7 Å². The van der Waals surface area contributed by atoms with Crippen LogP contribution in [0.2, 0.25) is 0 Å². The summed E-state index contributed by atoms with van der Waals surface area (Å²) in [7, 11) is 1.47. The highest BCUT2D eigenvalue weighted by atomic mass is 19.1. The Labute approximate surface area is 569 Å². The number of hydrogen-bond donors (Lipinski definition) is 12. The molecule has 6 heterocycles. The highest BCUT2D eigenvalue weighted by Crippen LogP contribution is 2.32. The minimum Gasteiger partial charge on any atom is -0.497 e. The number of carbonyl (C=O) groups excluding carboxylic acids is 11. The molecule has 2 bridgehead atoms. The number of aromatic amines is 2. The molecule has 1 unspecified atom stereocenters. The number of nitrogens with zero attached hydrogens (tertiary/aromatic N) is 2. The molecule has 14 N–H and O–H groups in total. The number of H-pyrrole nitrogens is 2. The van der Waals surface area contributed by atoms with Crippen molar-refractivity contribution in [2.24, 2.45) is 11.5 Å². The lowest BCUT2D eigenvalue weighted by Gasteiger charge is -2.37. The SMILES string of the molecule is CCC1NC(=O)[C@@H]2C[C@H](F)CN2C(=O)[C@H](Cc2c[nH]c3ccc(F)cc23)NC(=O)[C@H](Cc2c[nH]c3ccc(F)cc23)NC(=O)[C@@H](C)NC(=O)[C@H](CCCCN)NC(=O)CCC(=O)NCc2ccc(cc2)C[C@@H](C(N)=O)NC(=O)[C@]2(C)CCCN2C(=O)[C@H](Cc2ccc(OC)cc2)NC1=O. The molecule has 0 spiro atoms. The third-order valence-electron chi connectivity index (χ3n) is 18.6. The molecule has 11 amide bonds. The molecule has 99 heavy (non-hydrogen) atoms. The number of rotatable bonds is 13. The lowest BCUT2D eigenvalue weighted by molar-refractivity contribution is -0.147. The molecule has 2 aromatic heterocycles. The molecule has 0 saturated carbocycles. The summed E-state index contributed by atoms with van der Waals surface area (Å²) in [5.74, 6) is -9.80. The summed E-state index contributed by atoms with van der Waals surface area (Å²) in [5, 5.41) is 22.2. The molecule has 2 fully saturated rings. The van der Waals surface area contributed by atoms with Gasteiger partial charge in [0.05, 0.1) is 13.7 Å². The van der Waals surface area contributed by atoms with Crippen LogP contribution in [0.25, 0.3) is 21.8 Å². The Morgan fingerprint density at radius 2 is 1.22 bits per heavy atom. The number of unbranched alkanes of at least 4 members (excludes halogenated alkanes) is 1. The van der Waals surface area contributed by atoms with Gasteiger partial charge < -0.3 is 78.5 Å². The second kappa shape index (κ2) is 32.8. The van der Waals surface area contributed by atoms with E-state index in [4.69, 9.17) is 16.2 Å². The minimum atomic E-state index is -1.82. The van der Waals surface area contributed by atoms with Crippen LogP contribution < -0.4 is 58.7 Å². The van der Waals surface area contributed by atoms with Gasteiger partial charge in [-0.15, -0.1) is 0 Å². The van der Waals surface area contributed by atoms with Gasteiger partial charge in [-0.2, -0.15) is 0 Å². The average Bonchev–Trinajstić information content (AvgIpc) is 1.70. The Kier molecular flexibility index (Phi) is 24.2. The van der Waals surface area contributed by atoms with E-state index in [0.29, 0.717) is 74.6 Å². The second-order valence-electron chi connectivity index (χ2n) is 25.7. The van der Waals surface area contributed by atoms with E-state index in [-0.39, 0.29) is 71.0 Å². The summed E-state index contributed by atoms with van der Waals surface area (Å²) in [5.41, 5.74) is 13.4. The zero-order chi connectivity index (χ0) is 71.2. The molecule has 0 radical (unpaired) electrons. The molecule has 29 heteroatoms.